The molecule has 3 N–H and O–H groups in total. The number of esters is 2. The third-order valence-corrected chi connectivity index (χ3v) is 5.84. The Balaban J connectivity index is 1.85. The van der Waals surface area contributed by atoms with Gasteiger partial charge in [0.05, 0.1) is 21.7 Å². The molecule has 0 aliphatic carbocycles. The third-order valence-electron chi connectivity index (χ3n) is 5.29. The van der Waals surface area contributed by atoms with E-state index in [1.54, 1.807) is 38.1 Å². The van der Waals surface area contributed by atoms with Crippen LogP contribution in [0.4, 0.5) is 0 Å². The topological polar surface area (TPSA) is 148 Å². The number of benzene rings is 3. The summed E-state index contributed by atoms with van der Waals surface area (Å²) in [6.07, 6.45) is -4.48. The van der Waals surface area contributed by atoms with Gasteiger partial charge in [0.1, 0.15) is 0 Å². The van der Waals surface area contributed by atoms with Crippen LogP contribution in [0.2, 0.25) is 10.0 Å². The maximum Gasteiger partial charge on any atom is 0.349 e. The van der Waals surface area contributed by atoms with E-state index in [0.717, 1.165) is 11.1 Å². The van der Waals surface area contributed by atoms with Gasteiger partial charge in [-0.3, -0.25) is 20.4 Å². The first-order valence-corrected chi connectivity index (χ1v) is 12.0. The van der Waals surface area contributed by atoms with E-state index in [0.29, 0.717) is 0 Å². The van der Waals surface area contributed by atoms with E-state index in [1.807, 2.05) is 5.43 Å². The van der Waals surface area contributed by atoms with Crippen LogP contribution in [-0.4, -0.2) is 47.0 Å². The summed E-state index contributed by atoms with van der Waals surface area (Å²) >= 11 is 11.8. The number of halogens is 2. The zero-order valence-electron chi connectivity index (χ0n) is 20.6. The quantitative estimate of drug-likeness (QED) is 0.272. The van der Waals surface area contributed by atoms with Crippen LogP contribution < -0.4 is 10.9 Å². The monoisotopic (exact) mass is 572 g/mol. The zero-order valence-corrected chi connectivity index (χ0v) is 22.1. The van der Waals surface area contributed by atoms with Crippen molar-refractivity contribution >= 4 is 52.9 Å². The smallest absolute Gasteiger partial charge is 0.349 e. The molecule has 2 amide bonds. The van der Waals surface area contributed by atoms with E-state index < -0.39 is 41.9 Å². The fourth-order valence-corrected chi connectivity index (χ4v) is 3.67. The average Bonchev–Trinajstić information content (AvgIpc) is 2.89. The number of hydrogen-bond donors (Lipinski definition) is 3. The van der Waals surface area contributed by atoms with Crippen LogP contribution in [0.15, 0.2) is 66.7 Å². The molecule has 0 fully saturated rings. The normalized spacial score (nSPS) is 12.0. The van der Waals surface area contributed by atoms with E-state index in [9.17, 15) is 29.1 Å². The van der Waals surface area contributed by atoms with Gasteiger partial charge < -0.3 is 14.6 Å². The van der Waals surface area contributed by atoms with Crippen LogP contribution in [-0.2, 0) is 19.1 Å². The number of ether oxygens (including phenoxy) is 2. The van der Waals surface area contributed by atoms with Gasteiger partial charge in [-0.1, -0.05) is 58.6 Å². The van der Waals surface area contributed by atoms with Gasteiger partial charge in [-0.05, 0) is 56.3 Å². The number of carboxylic acids is 1. The number of hydrogen-bond acceptors (Lipinski definition) is 7. The Bertz CT molecular complexity index is 1410. The van der Waals surface area contributed by atoms with Gasteiger partial charge in [0, 0.05) is 5.02 Å². The van der Waals surface area contributed by atoms with Crippen LogP contribution in [0.1, 0.15) is 42.2 Å². The number of nitrogens with one attached hydrogen (secondary N) is 2. The summed E-state index contributed by atoms with van der Waals surface area (Å²) in [5.41, 5.74) is 5.65. The fourth-order valence-electron chi connectivity index (χ4n) is 3.17. The summed E-state index contributed by atoms with van der Waals surface area (Å²) in [5.74, 6) is -6.10. The molecule has 12 heteroatoms. The molecular weight excluding hydrogens is 551 g/mol. The molecule has 0 radical (unpaired) electrons. The van der Waals surface area contributed by atoms with Crippen molar-refractivity contribution in [3.8, 4) is 0 Å². The number of hydrazine groups is 1. The van der Waals surface area contributed by atoms with Gasteiger partial charge in [-0.2, -0.15) is 0 Å². The average molecular weight is 573 g/mol. The highest BCUT2D eigenvalue weighted by Crippen LogP contribution is 2.21. The first-order valence-electron chi connectivity index (χ1n) is 11.3. The van der Waals surface area contributed by atoms with Gasteiger partial charge in [0.25, 0.3) is 11.8 Å². The minimum absolute atomic E-state index is 0.00144. The highest BCUT2D eigenvalue weighted by molar-refractivity contribution is 6.36. The summed E-state index contributed by atoms with van der Waals surface area (Å²) in [7, 11) is 0. The molecule has 3 aromatic carbocycles. The number of carbonyl (C=O) groups is 5. The van der Waals surface area contributed by atoms with Crippen LogP contribution in [0.25, 0.3) is 0 Å². The summed E-state index contributed by atoms with van der Waals surface area (Å²) in [5, 5.41) is 10.1. The van der Waals surface area contributed by atoms with Crippen LogP contribution in [0.3, 0.4) is 0 Å². The molecule has 0 spiro atoms. The molecule has 0 saturated heterocycles. The molecule has 0 heterocycles. The first kappa shape index (κ1) is 29.2. The van der Waals surface area contributed by atoms with Gasteiger partial charge in [0.15, 0.2) is 0 Å². The second-order valence-electron chi connectivity index (χ2n) is 8.29. The number of aliphatic carboxylic acids is 1. The third kappa shape index (κ3) is 7.79. The lowest BCUT2D eigenvalue weighted by molar-refractivity contribution is -0.159. The van der Waals surface area contributed by atoms with Crippen molar-refractivity contribution in [2.75, 3.05) is 0 Å². The number of amides is 2. The molecule has 0 bridgehead atoms. The van der Waals surface area contributed by atoms with Crippen molar-refractivity contribution in [2.45, 2.75) is 26.1 Å². The zero-order chi connectivity index (χ0) is 28.7. The molecule has 0 aliphatic rings. The number of aryl methyl sites for hydroxylation is 2. The highest BCUT2D eigenvalue weighted by atomic mass is 35.5. The van der Waals surface area contributed by atoms with Crippen LogP contribution in [0, 0.1) is 13.8 Å². The van der Waals surface area contributed by atoms with Gasteiger partial charge in [0.2, 0.25) is 12.2 Å². The largest absolute Gasteiger partial charge is 0.478 e. The predicted octanol–water partition coefficient (Wildman–Crippen LogP) is 3.91. The Hall–Kier alpha value is -4.41. The molecule has 202 valence electrons. The van der Waals surface area contributed by atoms with Crippen molar-refractivity contribution in [1.82, 2.24) is 10.9 Å². The van der Waals surface area contributed by atoms with Crippen molar-refractivity contribution in [3.63, 3.8) is 0 Å². The van der Waals surface area contributed by atoms with E-state index in [4.69, 9.17) is 32.7 Å². The Morgan fingerprint density at radius 2 is 1.21 bits per heavy atom. The number of carboxylic acid groups (broad SMARTS) is 1. The van der Waals surface area contributed by atoms with Crippen molar-refractivity contribution < 1.29 is 38.6 Å². The highest BCUT2D eigenvalue weighted by Gasteiger charge is 2.41. The lowest BCUT2D eigenvalue weighted by Crippen LogP contribution is -2.54. The molecule has 39 heavy (non-hydrogen) atoms. The minimum Gasteiger partial charge on any atom is -0.478 e. The molecule has 10 nitrogen and oxygen atoms in total. The molecule has 2 atom stereocenters. The molecule has 0 unspecified atom stereocenters. The van der Waals surface area contributed by atoms with Gasteiger partial charge in [-0.15, -0.1) is 0 Å². The second-order valence-corrected chi connectivity index (χ2v) is 9.13. The molecule has 0 aromatic heterocycles. The van der Waals surface area contributed by atoms with E-state index >= 15 is 0 Å². The summed E-state index contributed by atoms with van der Waals surface area (Å²) in [6, 6.07) is 16.0. The fraction of sp³-hybridized carbons (Fsp3) is 0.148. The lowest BCUT2D eigenvalue weighted by Gasteiger charge is -2.23. The summed E-state index contributed by atoms with van der Waals surface area (Å²) in [4.78, 5) is 63.1. The van der Waals surface area contributed by atoms with Gasteiger partial charge in [-0.25, -0.2) is 14.4 Å². The van der Waals surface area contributed by atoms with Crippen molar-refractivity contribution in [1.29, 1.82) is 0 Å². The van der Waals surface area contributed by atoms with E-state index in [2.05, 4.69) is 5.43 Å². The predicted molar refractivity (Wildman–Crippen MR) is 140 cm³/mol. The SMILES string of the molecule is Cc1ccc(C(=O)O[C@H](C(=O)NNC(=O)c2ccc(Cl)cc2Cl)[C@@H](OC(=O)c2ccc(C)cc2)C(=O)O)cc1. The lowest BCUT2D eigenvalue weighted by atomic mass is 10.1. The Morgan fingerprint density at radius 3 is 1.67 bits per heavy atom. The molecule has 0 aliphatic heterocycles. The molecule has 3 aromatic rings. The molecular formula is C27H22Cl2N2O8. The minimum atomic E-state index is -2.27. The first-order chi connectivity index (χ1) is 18.5. The Morgan fingerprint density at radius 1 is 0.718 bits per heavy atom. The van der Waals surface area contributed by atoms with Crippen molar-refractivity contribution in [3.05, 3.63) is 105 Å². The van der Waals surface area contributed by atoms with E-state index in [-0.39, 0.29) is 26.7 Å². The summed E-state index contributed by atoms with van der Waals surface area (Å²) < 4.78 is 10.3. The molecule has 3 rings (SSSR count). The number of rotatable bonds is 8. The Labute approximate surface area is 232 Å². The van der Waals surface area contributed by atoms with Gasteiger partial charge >= 0.3 is 17.9 Å². The van der Waals surface area contributed by atoms with Crippen molar-refractivity contribution in [2.24, 2.45) is 0 Å². The second kappa shape index (κ2) is 12.9. The summed E-state index contributed by atoms with van der Waals surface area (Å²) in [6.45, 7) is 3.57. The standard InChI is InChI=1S/C27H22Cl2N2O8/c1-14-3-7-16(8-4-14)26(36)38-21(22(25(34)35)39-27(37)17-9-5-15(2)6-10-17)24(33)31-30-23(32)19-12-11-18(28)13-20(19)29/h3-13,21-22H,1-2H3,(H,30,32)(H,31,33)(H,34,35)/t21-,22+/m0/s1. The maximum atomic E-state index is 13.0. The number of carbonyl (C=O) groups excluding carboxylic acids is 4. The van der Waals surface area contributed by atoms with Crippen LogP contribution in [0.5, 0.6) is 0 Å². The maximum absolute atomic E-state index is 13.0. The van der Waals surface area contributed by atoms with E-state index in [1.165, 1.54) is 42.5 Å². The Kier molecular flexibility index (Phi) is 9.64. The molecule has 0 saturated carbocycles. The van der Waals surface area contributed by atoms with Crippen LogP contribution >= 0.6 is 23.2 Å².